The van der Waals surface area contributed by atoms with E-state index >= 15 is 0 Å². The lowest BCUT2D eigenvalue weighted by molar-refractivity contribution is -0.140. The maximum absolute atomic E-state index is 12.4. The largest absolute Gasteiger partial charge is 0.363 e. The fourth-order valence-electron chi connectivity index (χ4n) is 2.23. The summed E-state index contributed by atoms with van der Waals surface area (Å²) in [6.45, 7) is 4.93. The number of rotatable bonds is 7. The molecular weight excluding hydrogens is 270 g/mol. The Labute approximate surface area is 124 Å². The summed E-state index contributed by atoms with van der Waals surface area (Å²) in [4.78, 5) is 26.1. The van der Waals surface area contributed by atoms with Crippen LogP contribution >= 0.6 is 0 Å². The Morgan fingerprint density at radius 3 is 2.76 bits per heavy atom. The van der Waals surface area contributed by atoms with Crippen LogP contribution in [0.25, 0.3) is 0 Å². The highest BCUT2D eigenvalue weighted by molar-refractivity contribution is 5.94. The van der Waals surface area contributed by atoms with Gasteiger partial charge >= 0.3 is 0 Å². The smallest absolute Gasteiger partial charge is 0.245 e. The van der Waals surface area contributed by atoms with E-state index in [2.05, 4.69) is 28.8 Å². The Morgan fingerprint density at radius 2 is 2.24 bits per heavy atom. The third kappa shape index (κ3) is 4.58. The van der Waals surface area contributed by atoms with Crippen molar-refractivity contribution in [1.82, 2.24) is 10.1 Å². The zero-order valence-electron chi connectivity index (χ0n) is 12.7. The molecule has 0 aromatic carbocycles. The third-order valence-corrected chi connectivity index (χ3v) is 3.78. The van der Waals surface area contributed by atoms with E-state index in [1.165, 1.54) is 6.26 Å². The zero-order valence-corrected chi connectivity index (χ0v) is 12.7. The molecule has 1 saturated carbocycles. The molecule has 1 aliphatic carbocycles. The number of nitrogens with one attached hydrogen (secondary N) is 1. The highest BCUT2D eigenvalue weighted by Gasteiger charge is 2.30. The van der Waals surface area contributed by atoms with Crippen molar-refractivity contribution >= 4 is 17.6 Å². The molecule has 0 bridgehead atoms. The third-order valence-electron chi connectivity index (χ3n) is 3.78. The first-order valence-corrected chi connectivity index (χ1v) is 7.55. The number of nitrogens with zero attached hydrogens (tertiary/aromatic N) is 2. The fourth-order valence-corrected chi connectivity index (χ4v) is 2.23. The zero-order chi connectivity index (χ0) is 15.2. The van der Waals surface area contributed by atoms with Crippen molar-refractivity contribution in [2.75, 3.05) is 18.4 Å². The lowest BCUT2D eigenvalue weighted by atomic mass is 9.84. The number of hydrogen-bond acceptors (Lipinski definition) is 4. The highest BCUT2D eigenvalue weighted by atomic mass is 16.5. The van der Waals surface area contributed by atoms with Gasteiger partial charge in [-0.25, -0.2) is 0 Å². The highest BCUT2D eigenvalue weighted by Crippen LogP contribution is 2.28. The van der Waals surface area contributed by atoms with Gasteiger partial charge in [0.1, 0.15) is 6.26 Å². The molecule has 0 atom stereocenters. The van der Waals surface area contributed by atoms with Crippen LogP contribution in [0.2, 0.25) is 0 Å². The van der Waals surface area contributed by atoms with E-state index in [-0.39, 0.29) is 24.3 Å². The summed E-state index contributed by atoms with van der Waals surface area (Å²) in [7, 11) is 0. The van der Waals surface area contributed by atoms with Crippen molar-refractivity contribution in [2.24, 2.45) is 11.8 Å². The molecule has 0 aliphatic heterocycles. The molecule has 1 aromatic heterocycles. The van der Waals surface area contributed by atoms with Gasteiger partial charge < -0.3 is 14.7 Å². The molecule has 6 nitrogen and oxygen atoms in total. The van der Waals surface area contributed by atoms with Crippen LogP contribution in [0.4, 0.5) is 5.82 Å². The van der Waals surface area contributed by atoms with Crippen LogP contribution in [-0.2, 0) is 9.59 Å². The molecule has 0 radical (unpaired) electrons. The van der Waals surface area contributed by atoms with E-state index in [0.717, 1.165) is 25.7 Å². The fraction of sp³-hybridized carbons (Fsp3) is 0.667. The van der Waals surface area contributed by atoms with Crippen LogP contribution in [0.1, 0.15) is 39.5 Å². The topological polar surface area (TPSA) is 75.4 Å². The van der Waals surface area contributed by atoms with Crippen molar-refractivity contribution in [2.45, 2.75) is 39.5 Å². The Bertz CT molecular complexity index is 467. The molecule has 1 aliphatic rings. The monoisotopic (exact) mass is 293 g/mol. The second-order valence-corrected chi connectivity index (χ2v) is 6.00. The van der Waals surface area contributed by atoms with Gasteiger partial charge in [-0.3, -0.25) is 9.59 Å². The van der Waals surface area contributed by atoms with E-state index in [9.17, 15) is 9.59 Å². The van der Waals surface area contributed by atoms with Crippen LogP contribution in [0.15, 0.2) is 16.9 Å². The van der Waals surface area contributed by atoms with Crippen LogP contribution in [-0.4, -0.2) is 35.0 Å². The molecule has 1 heterocycles. The van der Waals surface area contributed by atoms with Crippen LogP contribution < -0.4 is 5.32 Å². The average Bonchev–Trinajstić information content (AvgIpc) is 2.84. The number of amides is 2. The predicted octanol–water partition coefficient (Wildman–Crippen LogP) is 2.29. The molecule has 116 valence electrons. The molecule has 2 rings (SSSR count). The van der Waals surface area contributed by atoms with Crippen molar-refractivity contribution < 1.29 is 14.1 Å². The summed E-state index contributed by atoms with van der Waals surface area (Å²) in [5, 5.41) is 6.27. The van der Waals surface area contributed by atoms with E-state index in [0.29, 0.717) is 18.3 Å². The number of carbonyl (C=O) groups is 2. The van der Waals surface area contributed by atoms with E-state index in [1.807, 2.05) is 0 Å². The van der Waals surface area contributed by atoms with Gasteiger partial charge in [-0.05, 0) is 25.2 Å². The minimum absolute atomic E-state index is 0.0783. The quantitative estimate of drug-likeness (QED) is 0.837. The van der Waals surface area contributed by atoms with Crippen LogP contribution in [0.3, 0.4) is 0 Å². The SMILES string of the molecule is CC(C)CCN(CC(=O)Nc1ccon1)C(=O)C1CCC1. The van der Waals surface area contributed by atoms with Crippen molar-refractivity contribution in [3.63, 3.8) is 0 Å². The minimum Gasteiger partial charge on any atom is -0.363 e. The van der Waals surface area contributed by atoms with Crippen molar-refractivity contribution in [1.29, 1.82) is 0 Å². The standard InChI is InChI=1S/C15H23N3O3/c1-11(2)6-8-18(15(20)12-4-3-5-12)10-14(19)16-13-7-9-21-17-13/h7,9,11-12H,3-6,8,10H2,1-2H3,(H,16,17,19). The second kappa shape index (κ2) is 7.24. The van der Waals surface area contributed by atoms with Crippen molar-refractivity contribution in [3.05, 3.63) is 12.3 Å². The van der Waals surface area contributed by atoms with Gasteiger partial charge in [0.25, 0.3) is 0 Å². The van der Waals surface area contributed by atoms with E-state index in [4.69, 9.17) is 0 Å². The molecule has 21 heavy (non-hydrogen) atoms. The summed E-state index contributed by atoms with van der Waals surface area (Å²) in [6.07, 6.45) is 5.30. The number of aromatic nitrogens is 1. The molecule has 1 aromatic rings. The molecular formula is C15H23N3O3. The number of hydrogen-bond donors (Lipinski definition) is 1. The molecule has 0 saturated heterocycles. The van der Waals surface area contributed by atoms with E-state index in [1.54, 1.807) is 11.0 Å². The van der Waals surface area contributed by atoms with E-state index < -0.39 is 0 Å². The lowest BCUT2D eigenvalue weighted by Crippen LogP contribution is -2.43. The van der Waals surface area contributed by atoms with Gasteiger partial charge in [0, 0.05) is 18.5 Å². The summed E-state index contributed by atoms with van der Waals surface area (Å²) in [6, 6.07) is 1.57. The summed E-state index contributed by atoms with van der Waals surface area (Å²) >= 11 is 0. The lowest BCUT2D eigenvalue weighted by Gasteiger charge is -2.31. The van der Waals surface area contributed by atoms with Gasteiger partial charge in [-0.2, -0.15) is 0 Å². The predicted molar refractivity (Wildman–Crippen MR) is 78.5 cm³/mol. The molecule has 2 amide bonds. The van der Waals surface area contributed by atoms with Gasteiger partial charge in [0.2, 0.25) is 11.8 Å². The first-order chi connectivity index (χ1) is 10.1. The van der Waals surface area contributed by atoms with Gasteiger partial charge in [0.05, 0.1) is 6.54 Å². The minimum atomic E-state index is -0.236. The number of anilines is 1. The average molecular weight is 293 g/mol. The first-order valence-electron chi connectivity index (χ1n) is 7.55. The van der Waals surface area contributed by atoms with Gasteiger partial charge in [-0.15, -0.1) is 0 Å². The van der Waals surface area contributed by atoms with Crippen LogP contribution in [0, 0.1) is 11.8 Å². The second-order valence-electron chi connectivity index (χ2n) is 6.00. The Morgan fingerprint density at radius 1 is 1.48 bits per heavy atom. The number of carbonyl (C=O) groups excluding carboxylic acids is 2. The maximum Gasteiger partial charge on any atom is 0.245 e. The Kier molecular flexibility index (Phi) is 5.36. The van der Waals surface area contributed by atoms with Gasteiger partial charge in [0.15, 0.2) is 5.82 Å². The van der Waals surface area contributed by atoms with Gasteiger partial charge in [-0.1, -0.05) is 25.4 Å². The first kappa shape index (κ1) is 15.5. The Balaban J connectivity index is 1.90. The molecule has 0 unspecified atom stereocenters. The summed E-state index contributed by atoms with van der Waals surface area (Å²) in [5.74, 6) is 0.856. The van der Waals surface area contributed by atoms with Crippen LogP contribution in [0.5, 0.6) is 0 Å². The van der Waals surface area contributed by atoms with Crippen molar-refractivity contribution in [3.8, 4) is 0 Å². The maximum atomic E-state index is 12.4. The molecule has 1 fully saturated rings. The molecule has 0 spiro atoms. The summed E-state index contributed by atoms with van der Waals surface area (Å²) < 4.78 is 4.67. The molecule has 6 heteroatoms. The summed E-state index contributed by atoms with van der Waals surface area (Å²) in [5.41, 5.74) is 0. The molecule has 1 N–H and O–H groups in total. The Hall–Kier alpha value is -1.85. The normalized spacial score (nSPS) is 14.8.